The molecule has 1 aromatic carbocycles. The molecule has 0 aliphatic carbocycles. The molecule has 14 heavy (non-hydrogen) atoms. The van der Waals surface area contributed by atoms with E-state index in [1.807, 2.05) is 6.92 Å². The highest BCUT2D eigenvalue weighted by molar-refractivity contribution is 6.30. The van der Waals surface area contributed by atoms with Crippen LogP contribution >= 0.6 is 11.6 Å². The van der Waals surface area contributed by atoms with Crippen LogP contribution in [0.5, 0.6) is 5.75 Å². The van der Waals surface area contributed by atoms with Gasteiger partial charge in [-0.3, -0.25) is 4.79 Å². The topological polar surface area (TPSA) is 26.3 Å². The van der Waals surface area contributed by atoms with Gasteiger partial charge in [0.15, 0.2) is 0 Å². The van der Waals surface area contributed by atoms with Gasteiger partial charge in [-0.05, 0) is 24.3 Å². The Morgan fingerprint density at radius 2 is 2.00 bits per heavy atom. The molecule has 0 aliphatic rings. The fourth-order valence-electron chi connectivity index (χ4n) is 0.990. The van der Waals surface area contributed by atoms with Gasteiger partial charge < -0.3 is 4.74 Å². The van der Waals surface area contributed by atoms with Crippen LogP contribution in [0.25, 0.3) is 0 Å². The average Bonchev–Trinajstić information content (AvgIpc) is 2.21. The molecular formula is C11H13ClO2. The third-order valence-corrected chi connectivity index (χ3v) is 2.11. The molecule has 0 amide bonds. The number of hydrogen-bond donors (Lipinski definition) is 0. The summed E-state index contributed by atoms with van der Waals surface area (Å²) in [5.74, 6) is 0.970. The molecule has 0 unspecified atom stereocenters. The molecule has 1 aromatic rings. The maximum absolute atomic E-state index is 11.0. The zero-order valence-corrected chi connectivity index (χ0v) is 8.88. The zero-order chi connectivity index (χ0) is 10.4. The minimum absolute atomic E-state index is 0.221. The van der Waals surface area contributed by atoms with Gasteiger partial charge in [0.25, 0.3) is 0 Å². The van der Waals surface area contributed by atoms with Crippen LogP contribution in [0.15, 0.2) is 24.3 Å². The van der Waals surface area contributed by atoms with E-state index in [4.69, 9.17) is 16.3 Å². The lowest BCUT2D eigenvalue weighted by Gasteiger charge is -2.04. The normalized spacial score (nSPS) is 9.86. The van der Waals surface area contributed by atoms with E-state index in [9.17, 15) is 4.79 Å². The van der Waals surface area contributed by atoms with E-state index in [0.717, 1.165) is 5.75 Å². The molecule has 0 spiro atoms. The second kappa shape index (κ2) is 5.66. The number of benzene rings is 1. The Bertz CT molecular complexity index is 293. The van der Waals surface area contributed by atoms with Gasteiger partial charge in [0.2, 0.25) is 0 Å². The molecule has 0 bridgehead atoms. The zero-order valence-electron chi connectivity index (χ0n) is 8.13. The number of halogens is 1. The predicted octanol–water partition coefficient (Wildman–Crippen LogP) is 3.09. The Morgan fingerprint density at radius 3 is 2.57 bits per heavy atom. The van der Waals surface area contributed by atoms with Crippen molar-refractivity contribution in [3.8, 4) is 5.75 Å². The summed E-state index contributed by atoms with van der Waals surface area (Å²) in [5.41, 5.74) is 0. The monoisotopic (exact) mass is 212 g/mol. The van der Waals surface area contributed by atoms with Gasteiger partial charge >= 0.3 is 0 Å². The minimum atomic E-state index is 0.221. The van der Waals surface area contributed by atoms with Crippen LogP contribution in [0.2, 0.25) is 5.02 Å². The second-order valence-electron chi connectivity index (χ2n) is 2.94. The number of hydrogen-bond acceptors (Lipinski definition) is 2. The summed E-state index contributed by atoms with van der Waals surface area (Å²) in [6.45, 7) is 2.29. The van der Waals surface area contributed by atoms with E-state index in [1.54, 1.807) is 24.3 Å². The molecule has 0 aliphatic heterocycles. The molecular weight excluding hydrogens is 200 g/mol. The summed E-state index contributed by atoms with van der Waals surface area (Å²) in [6.07, 6.45) is 1.04. The van der Waals surface area contributed by atoms with Crippen LogP contribution in [0, 0.1) is 0 Å². The Labute approximate surface area is 88.8 Å². The van der Waals surface area contributed by atoms with Gasteiger partial charge in [0, 0.05) is 17.9 Å². The number of carbonyl (C=O) groups is 1. The molecule has 0 N–H and O–H groups in total. The predicted molar refractivity (Wildman–Crippen MR) is 56.9 cm³/mol. The summed E-state index contributed by atoms with van der Waals surface area (Å²) in [6, 6.07) is 7.11. The quantitative estimate of drug-likeness (QED) is 0.750. The molecule has 0 saturated carbocycles. The van der Waals surface area contributed by atoms with Gasteiger partial charge in [0.05, 0.1) is 6.61 Å². The second-order valence-corrected chi connectivity index (χ2v) is 3.38. The Balaban J connectivity index is 2.31. The highest BCUT2D eigenvalue weighted by Gasteiger charge is 1.98. The van der Waals surface area contributed by atoms with Crippen molar-refractivity contribution in [2.45, 2.75) is 19.8 Å². The molecule has 0 heterocycles. The van der Waals surface area contributed by atoms with E-state index in [2.05, 4.69) is 0 Å². The highest BCUT2D eigenvalue weighted by atomic mass is 35.5. The highest BCUT2D eigenvalue weighted by Crippen LogP contribution is 2.15. The third kappa shape index (κ3) is 3.79. The van der Waals surface area contributed by atoms with Crippen LogP contribution < -0.4 is 4.74 Å². The van der Waals surface area contributed by atoms with E-state index >= 15 is 0 Å². The third-order valence-electron chi connectivity index (χ3n) is 1.86. The van der Waals surface area contributed by atoms with Crippen LogP contribution in [0.1, 0.15) is 19.8 Å². The van der Waals surface area contributed by atoms with Crippen molar-refractivity contribution in [3.05, 3.63) is 29.3 Å². The first kappa shape index (κ1) is 11.1. The average molecular weight is 213 g/mol. The fourth-order valence-corrected chi connectivity index (χ4v) is 1.12. The van der Waals surface area contributed by atoms with E-state index in [1.165, 1.54) is 0 Å². The van der Waals surface area contributed by atoms with Crippen molar-refractivity contribution >= 4 is 17.4 Å². The molecule has 0 atom stereocenters. The summed E-state index contributed by atoms with van der Waals surface area (Å²) < 4.78 is 5.35. The summed E-state index contributed by atoms with van der Waals surface area (Å²) >= 11 is 5.71. The van der Waals surface area contributed by atoms with E-state index in [-0.39, 0.29) is 5.78 Å². The molecule has 3 heteroatoms. The van der Waals surface area contributed by atoms with Crippen molar-refractivity contribution < 1.29 is 9.53 Å². The van der Waals surface area contributed by atoms with Crippen molar-refractivity contribution in [2.75, 3.05) is 6.61 Å². The van der Waals surface area contributed by atoms with Crippen LogP contribution in [-0.4, -0.2) is 12.4 Å². The van der Waals surface area contributed by atoms with Gasteiger partial charge in [-0.15, -0.1) is 0 Å². The largest absolute Gasteiger partial charge is 0.493 e. The lowest BCUT2D eigenvalue weighted by atomic mass is 10.2. The van der Waals surface area contributed by atoms with Crippen molar-refractivity contribution in [3.63, 3.8) is 0 Å². The first-order chi connectivity index (χ1) is 6.72. The van der Waals surface area contributed by atoms with Crippen molar-refractivity contribution in [1.82, 2.24) is 0 Å². The van der Waals surface area contributed by atoms with Gasteiger partial charge in [-0.2, -0.15) is 0 Å². The number of rotatable bonds is 5. The number of ketones is 1. The lowest BCUT2D eigenvalue weighted by Crippen LogP contribution is -2.04. The molecule has 0 fully saturated rings. The number of ether oxygens (including phenoxy) is 1. The molecule has 0 aromatic heterocycles. The van der Waals surface area contributed by atoms with E-state index < -0.39 is 0 Å². The summed E-state index contributed by atoms with van der Waals surface area (Å²) in [5, 5.41) is 0.682. The number of carbonyl (C=O) groups excluding carboxylic acids is 1. The maximum Gasteiger partial charge on any atom is 0.136 e. The van der Waals surface area contributed by atoms with Gasteiger partial charge in [0.1, 0.15) is 11.5 Å². The smallest absolute Gasteiger partial charge is 0.136 e. The van der Waals surface area contributed by atoms with E-state index in [0.29, 0.717) is 24.5 Å². The van der Waals surface area contributed by atoms with Gasteiger partial charge in [-0.1, -0.05) is 18.5 Å². The van der Waals surface area contributed by atoms with Crippen LogP contribution in [0.3, 0.4) is 0 Å². The van der Waals surface area contributed by atoms with Gasteiger partial charge in [-0.25, -0.2) is 0 Å². The first-order valence-corrected chi connectivity index (χ1v) is 5.00. The molecule has 76 valence electrons. The molecule has 1 rings (SSSR count). The number of Topliss-reactive ketones (excluding diaryl/α,β-unsaturated/α-hetero) is 1. The maximum atomic E-state index is 11.0. The molecule has 2 nitrogen and oxygen atoms in total. The van der Waals surface area contributed by atoms with Crippen LogP contribution in [-0.2, 0) is 4.79 Å². The molecule has 0 saturated heterocycles. The van der Waals surface area contributed by atoms with Crippen LogP contribution in [0.4, 0.5) is 0 Å². The SMILES string of the molecule is CCC(=O)CCOc1ccc(Cl)cc1. The minimum Gasteiger partial charge on any atom is -0.493 e. The Morgan fingerprint density at radius 1 is 1.36 bits per heavy atom. The molecule has 0 radical (unpaired) electrons. The fraction of sp³-hybridized carbons (Fsp3) is 0.364. The summed E-state index contributed by atoms with van der Waals surface area (Å²) in [7, 11) is 0. The first-order valence-electron chi connectivity index (χ1n) is 4.62. The Kier molecular flexibility index (Phi) is 4.47. The standard InChI is InChI=1S/C11H13ClO2/c1-2-10(13)7-8-14-11-5-3-9(12)4-6-11/h3-6H,2,7-8H2,1H3. The van der Waals surface area contributed by atoms with Crippen molar-refractivity contribution in [2.24, 2.45) is 0 Å². The summed E-state index contributed by atoms with van der Waals surface area (Å²) in [4.78, 5) is 11.0. The lowest BCUT2D eigenvalue weighted by molar-refractivity contribution is -0.119. The Hall–Kier alpha value is -1.02. The van der Waals surface area contributed by atoms with Crippen molar-refractivity contribution in [1.29, 1.82) is 0 Å².